The van der Waals surface area contributed by atoms with Gasteiger partial charge in [-0.3, -0.25) is 4.79 Å². The largest absolute Gasteiger partial charge is 0.449 e. The standard InChI is InChI=1S/C17H12Cl2N2O3/c1-10(16(22)21-15-6-5-13(18)8-14(15)19)24-17(23)12-4-2-3-11(7-12)9-20/h2-8,10H,1H3,(H,21,22)/t10-/m1/s1. The zero-order valence-corrected chi connectivity index (χ0v) is 14.1. The van der Waals surface area contributed by atoms with E-state index >= 15 is 0 Å². The van der Waals surface area contributed by atoms with E-state index < -0.39 is 18.0 Å². The van der Waals surface area contributed by atoms with Crippen LogP contribution in [0.15, 0.2) is 42.5 Å². The van der Waals surface area contributed by atoms with Crippen molar-refractivity contribution >= 4 is 40.8 Å². The smallest absolute Gasteiger partial charge is 0.338 e. The SMILES string of the molecule is C[C@@H](OC(=O)c1cccc(C#N)c1)C(=O)Nc1ccc(Cl)cc1Cl. The summed E-state index contributed by atoms with van der Waals surface area (Å²) in [7, 11) is 0. The first-order valence-corrected chi connectivity index (χ1v) is 7.63. The molecular formula is C17H12Cl2N2O3. The van der Waals surface area contributed by atoms with E-state index in [2.05, 4.69) is 5.32 Å². The second kappa shape index (κ2) is 7.82. The molecule has 2 rings (SSSR count). The monoisotopic (exact) mass is 362 g/mol. The van der Waals surface area contributed by atoms with Gasteiger partial charge in [-0.15, -0.1) is 0 Å². The summed E-state index contributed by atoms with van der Waals surface area (Å²) in [4.78, 5) is 24.1. The summed E-state index contributed by atoms with van der Waals surface area (Å²) in [6, 6.07) is 12.6. The fourth-order valence-electron chi connectivity index (χ4n) is 1.82. The molecule has 2 aromatic rings. The third kappa shape index (κ3) is 4.48. The number of nitriles is 1. The lowest BCUT2D eigenvalue weighted by atomic mass is 10.1. The molecule has 122 valence electrons. The zero-order chi connectivity index (χ0) is 17.7. The minimum Gasteiger partial charge on any atom is -0.449 e. The van der Waals surface area contributed by atoms with Gasteiger partial charge in [-0.05, 0) is 43.3 Å². The first-order chi connectivity index (χ1) is 11.4. The molecule has 0 saturated carbocycles. The summed E-state index contributed by atoms with van der Waals surface area (Å²) in [6.45, 7) is 1.44. The maximum atomic E-state index is 12.1. The first-order valence-electron chi connectivity index (χ1n) is 6.88. The Morgan fingerprint density at radius 3 is 2.62 bits per heavy atom. The van der Waals surface area contributed by atoms with Gasteiger partial charge in [0.1, 0.15) is 0 Å². The maximum absolute atomic E-state index is 12.1. The van der Waals surface area contributed by atoms with Crippen molar-refractivity contribution in [3.8, 4) is 6.07 Å². The number of carbonyl (C=O) groups is 2. The van der Waals surface area contributed by atoms with Gasteiger partial charge in [0.15, 0.2) is 6.10 Å². The number of benzene rings is 2. The molecular weight excluding hydrogens is 351 g/mol. The summed E-state index contributed by atoms with van der Waals surface area (Å²) in [6.07, 6.45) is -1.05. The van der Waals surface area contributed by atoms with Crippen molar-refractivity contribution in [3.63, 3.8) is 0 Å². The van der Waals surface area contributed by atoms with Crippen LogP contribution < -0.4 is 5.32 Å². The van der Waals surface area contributed by atoms with E-state index in [1.165, 1.54) is 25.1 Å². The van der Waals surface area contributed by atoms with Gasteiger partial charge in [0.05, 0.1) is 27.9 Å². The molecule has 0 radical (unpaired) electrons. The highest BCUT2D eigenvalue weighted by molar-refractivity contribution is 6.36. The molecule has 7 heteroatoms. The zero-order valence-electron chi connectivity index (χ0n) is 12.5. The molecule has 0 bridgehead atoms. The van der Waals surface area contributed by atoms with Crippen molar-refractivity contribution in [2.75, 3.05) is 5.32 Å². The molecule has 0 aliphatic heterocycles. The van der Waals surface area contributed by atoms with Crippen LogP contribution in [-0.2, 0) is 9.53 Å². The van der Waals surface area contributed by atoms with Crippen LogP contribution >= 0.6 is 23.2 Å². The molecule has 2 aromatic carbocycles. The summed E-state index contributed by atoms with van der Waals surface area (Å²) >= 11 is 11.8. The van der Waals surface area contributed by atoms with Crippen LogP contribution in [0.1, 0.15) is 22.8 Å². The third-order valence-corrected chi connectivity index (χ3v) is 3.62. The number of carbonyl (C=O) groups excluding carboxylic acids is 2. The Morgan fingerprint density at radius 1 is 1.21 bits per heavy atom. The molecule has 0 saturated heterocycles. The van der Waals surface area contributed by atoms with Crippen molar-refractivity contribution in [3.05, 3.63) is 63.6 Å². The van der Waals surface area contributed by atoms with Crippen molar-refractivity contribution < 1.29 is 14.3 Å². The molecule has 1 N–H and O–H groups in total. The first kappa shape index (κ1) is 17.8. The minimum atomic E-state index is -1.05. The number of anilines is 1. The normalized spacial score (nSPS) is 11.2. The van der Waals surface area contributed by atoms with E-state index in [1.54, 1.807) is 24.3 Å². The Balaban J connectivity index is 2.03. The number of ether oxygens (including phenoxy) is 1. The van der Waals surface area contributed by atoms with Gasteiger partial charge in [0, 0.05) is 5.02 Å². The van der Waals surface area contributed by atoms with Gasteiger partial charge >= 0.3 is 5.97 Å². The van der Waals surface area contributed by atoms with E-state index in [1.807, 2.05) is 6.07 Å². The second-order valence-electron chi connectivity index (χ2n) is 4.85. The summed E-state index contributed by atoms with van der Waals surface area (Å²) in [5.74, 6) is -1.24. The highest BCUT2D eigenvalue weighted by atomic mass is 35.5. The Bertz CT molecular complexity index is 831. The molecule has 0 fully saturated rings. The average molecular weight is 363 g/mol. The molecule has 1 atom stereocenters. The number of amides is 1. The van der Waals surface area contributed by atoms with Crippen molar-refractivity contribution in [2.45, 2.75) is 13.0 Å². The van der Waals surface area contributed by atoms with Crippen LogP contribution in [0, 0.1) is 11.3 Å². The van der Waals surface area contributed by atoms with Crippen LogP contribution in [0.4, 0.5) is 5.69 Å². The number of hydrogen-bond acceptors (Lipinski definition) is 4. The van der Waals surface area contributed by atoms with Gasteiger partial charge in [-0.25, -0.2) is 4.79 Å². The molecule has 0 unspecified atom stereocenters. The lowest BCUT2D eigenvalue weighted by Gasteiger charge is -2.14. The number of rotatable bonds is 4. The summed E-state index contributed by atoms with van der Waals surface area (Å²) in [5.41, 5.74) is 0.883. The quantitative estimate of drug-likeness (QED) is 0.832. The van der Waals surface area contributed by atoms with Crippen LogP contribution in [-0.4, -0.2) is 18.0 Å². The Labute approximate surface area is 148 Å². The van der Waals surface area contributed by atoms with Crippen LogP contribution in [0.5, 0.6) is 0 Å². The van der Waals surface area contributed by atoms with Crippen molar-refractivity contribution in [1.29, 1.82) is 5.26 Å². The Morgan fingerprint density at radius 2 is 1.96 bits per heavy atom. The number of esters is 1. The fourth-order valence-corrected chi connectivity index (χ4v) is 2.28. The molecule has 0 aromatic heterocycles. The van der Waals surface area contributed by atoms with Gasteiger partial charge in [-0.2, -0.15) is 5.26 Å². The third-order valence-electron chi connectivity index (χ3n) is 3.07. The predicted octanol–water partition coefficient (Wildman–Crippen LogP) is 4.05. The van der Waals surface area contributed by atoms with Gasteiger partial charge in [0.25, 0.3) is 5.91 Å². The highest BCUT2D eigenvalue weighted by Crippen LogP contribution is 2.25. The maximum Gasteiger partial charge on any atom is 0.338 e. The number of halogens is 2. The van der Waals surface area contributed by atoms with E-state index in [0.717, 1.165) is 0 Å². The van der Waals surface area contributed by atoms with E-state index in [9.17, 15) is 9.59 Å². The van der Waals surface area contributed by atoms with Crippen LogP contribution in [0.3, 0.4) is 0 Å². The van der Waals surface area contributed by atoms with E-state index in [0.29, 0.717) is 16.3 Å². The van der Waals surface area contributed by atoms with Crippen LogP contribution in [0.2, 0.25) is 10.0 Å². The van der Waals surface area contributed by atoms with Crippen molar-refractivity contribution in [1.82, 2.24) is 0 Å². The Kier molecular flexibility index (Phi) is 5.80. The topological polar surface area (TPSA) is 79.2 Å². The molecule has 5 nitrogen and oxygen atoms in total. The molecule has 0 aliphatic rings. The van der Waals surface area contributed by atoms with E-state index in [4.69, 9.17) is 33.2 Å². The van der Waals surface area contributed by atoms with Gasteiger partial charge in [-0.1, -0.05) is 29.3 Å². The fraction of sp³-hybridized carbons (Fsp3) is 0.118. The Hall–Kier alpha value is -2.55. The van der Waals surface area contributed by atoms with E-state index in [-0.39, 0.29) is 10.6 Å². The number of nitrogens with one attached hydrogen (secondary N) is 1. The van der Waals surface area contributed by atoms with Gasteiger partial charge in [0.2, 0.25) is 0 Å². The molecule has 0 heterocycles. The lowest BCUT2D eigenvalue weighted by Crippen LogP contribution is -2.30. The average Bonchev–Trinajstić information content (AvgIpc) is 2.57. The van der Waals surface area contributed by atoms with Gasteiger partial charge < -0.3 is 10.1 Å². The van der Waals surface area contributed by atoms with Crippen LogP contribution in [0.25, 0.3) is 0 Å². The summed E-state index contributed by atoms with van der Waals surface area (Å²) in [5, 5.41) is 12.1. The molecule has 0 aliphatic carbocycles. The molecule has 0 spiro atoms. The lowest BCUT2D eigenvalue weighted by molar-refractivity contribution is -0.123. The summed E-state index contributed by atoms with van der Waals surface area (Å²) < 4.78 is 5.10. The predicted molar refractivity (Wildman–Crippen MR) is 91.1 cm³/mol. The van der Waals surface area contributed by atoms with Crippen molar-refractivity contribution in [2.24, 2.45) is 0 Å². The molecule has 24 heavy (non-hydrogen) atoms. The number of hydrogen-bond donors (Lipinski definition) is 1. The second-order valence-corrected chi connectivity index (χ2v) is 5.70. The minimum absolute atomic E-state index is 0.193. The number of nitrogens with zero attached hydrogens (tertiary/aromatic N) is 1. The highest BCUT2D eigenvalue weighted by Gasteiger charge is 2.20. The molecule has 1 amide bonds.